The van der Waals surface area contributed by atoms with E-state index in [1.54, 1.807) is 0 Å². The normalized spacial score (nSPS) is 10.6. The Morgan fingerprint density at radius 2 is 1.89 bits per heavy atom. The summed E-state index contributed by atoms with van der Waals surface area (Å²) >= 11 is 0. The standard InChI is InChI=1S/C12H21NO4.Na/c1-2-3-4-5-6-7-8-13(9-11(14)15)10-12(16)17;/h3-4H,2,5-10H2,1H3,(H,14,15)(H,16,17);/q;+1/p-1/b4-3+;. The first-order valence-electron chi connectivity index (χ1n) is 5.85. The molecule has 0 aromatic carbocycles. The minimum Gasteiger partial charge on any atom is -0.549 e. The summed E-state index contributed by atoms with van der Waals surface area (Å²) in [5.74, 6) is -2.26. The Hall–Kier alpha value is -0.360. The van der Waals surface area contributed by atoms with Gasteiger partial charge in [0.1, 0.15) is 0 Å². The number of carboxylic acids is 2. The molecule has 5 nitrogen and oxygen atoms in total. The van der Waals surface area contributed by atoms with Crippen molar-refractivity contribution >= 4 is 11.9 Å². The predicted molar refractivity (Wildman–Crippen MR) is 62.4 cm³/mol. The molecule has 0 fully saturated rings. The Morgan fingerprint density at radius 3 is 2.39 bits per heavy atom. The number of aliphatic carboxylic acids is 2. The van der Waals surface area contributed by atoms with Crippen LogP contribution in [0.2, 0.25) is 0 Å². The van der Waals surface area contributed by atoms with E-state index < -0.39 is 11.9 Å². The van der Waals surface area contributed by atoms with Gasteiger partial charge in [-0.3, -0.25) is 9.69 Å². The third kappa shape index (κ3) is 13.7. The Kier molecular flexibility index (Phi) is 14.5. The maximum absolute atomic E-state index is 10.5. The van der Waals surface area contributed by atoms with Crippen molar-refractivity contribution in [1.29, 1.82) is 0 Å². The van der Waals surface area contributed by atoms with Crippen LogP contribution in [0.15, 0.2) is 12.2 Å². The minimum absolute atomic E-state index is 0. The molecule has 98 valence electrons. The quantitative estimate of drug-likeness (QED) is 0.263. The number of carboxylic acid groups (broad SMARTS) is 2. The van der Waals surface area contributed by atoms with Gasteiger partial charge < -0.3 is 15.0 Å². The van der Waals surface area contributed by atoms with Gasteiger partial charge in [0.05, 0.1) is 12.5 Å². The molecule has 0 atom stereocenters. The van der Waals surface area contributed by atoms with Gasteiger partial charge in [-0.25, -0.2) is 0 Å². The van der Waals surface area contributed by atoms with E-state index in [2.05, 4.69) is 19.1 Å². The van der Waals surface area contributed by atoms with E-state index in [1.165, 1.54) is 4.90 Å². The maximum Gasteiger partial charge on any atom is 1.00 e. The van der Waals surface area contributed by atoms with Crippen molar-refractivity contribution < 1.29 is 49.4 Å². The van der Waals surface area contributed by atoms with E-state index in [0.29, 0.717) is 6.54 Å². The van der Waals surface area contributed by atoms with Gasteiger partial charge in [0.25, 0.3) is 0 Å². The zero-order valence-corrected chi connectivity index (χ0v) is 13.2. The molecule has 0 saturated heterocycles. The van der Waals surface area contributed by atoms with Crippen molar-refractivity contribution in [1.82, 2.24) is 4.90 Å². The van der Waals surface area contributed by atoms with Crippen molar-refractivity contribution in [3.8, 4) is 0 Å². The first-order chi connectivity index (χ1) is 8.06. The summed E-state index contributed by atoms with van der Waals surface area (Å²) in [4.78, 5) is 22.3. The van der Waals surface area contributed by atoms with Crippen LogP contribution < -0.4 is 34.7 Å². The molecule has 0 heterocycles. The van der Waals surface area contributed by atoms with Crippen molar-refractivity contribution in [3.05, 3.63) is 12.2 Å². The average Bonchev–Trinajstić information content (AvgIpc) is 2.21. The molecular weight excluding hydrogens is 245 g/mol. The number of nitrogens with zero attached hydrogens (tertiary/aromatic N) is 1. The number of rotatable bonds is 10. The smallest absolute Gasteiger partial charge is 0.549 e. The van der Waals surface area contributed by atoms with Crippen LogP contribution in [0.1, 0.15) is 32.6 Å². The van der Waals surface area contributed by atoms with Crippen LogP contribution in [0, 0.1) is 0 Å². The van der Waals surface area contributed by atoms with Crippen molar-refractivity contribution in [2.24, 2.45) is 0 Å². The minimum atomic E-state index is -1.24. The molecule has 1 N–H and O–H groups in total. The van der Waals surface area contributed by atoms with Gasteiger partial charge in [0.2, 0.25) is 0 Å². The van der Waals surface area contributed by atoms with E-state index >= 15 is 0 Å². The molecule has 0 saturated carbocycles. The van der Waals surface area contributed by atoms with Crippen LogP contribution in [0.4, 0.5) is 0 Å². The van der Waals surface area contributed by atoms with Gasteiger partial charge in [0, 0.05) is 6.54 Å². The Balaban J connectivity index is 0. The molecule has 0 spiro atoms. The van der Waals surface area contributed by atoms with Gasteiger partial charge in [-0.05, 0) is 32.2 Å². The summed E-state index contributed by atoms with van der Waals surface area (Å²) in [6, 6.07) is 0. The van der Waals surface area contributed by atoms with E-state index in [1.807, 2.05) is 0 Å². The Labute approximate surface area is 130 Å². The van der Waals surface area contributed by atoms with Gasteiger partial charge in [-0.15, -0.1) is 0 Å². The van der Waals surface area contributed by atoms with Gasteiger partial charge in [-0.2, -0.15) is 0 Å². The number of hydrogen-bond acceptors (Lipinski definition) is 4. The monoisotopic (exact) mass is 265 g/mol. The Morgan fingerprint density at radius 1 is 1.22 bits per heavy atom. The zero-order chi connectivity index (χ0) is 13.1. The molecule has 0 aromatic rings. The molecule has 0 aliphatic heterocycles. The second kappa shape index (κ2) is 13.1. The van der Waals surface area contributed by atoms with Crippen molar-refractivity contribution in [2.45, 2.75) is 32.6 Å². The van der Waals surface area contributed by atoms with Gasteiger partial charge in [-0.1, -0.05) is 19.1 Å². The van der Waals surface area contributed by atoms with Crippen LogP contribution in [0.3, 0.4) is 0 Å². The molecule has 0 aromatic heterocycles. The number of unbranched alkanes of at least 4 members (excludes halogenated alkanes) is 2. The average molecular weight is 265 g/mol. The fraction of sp³-hybridized carbons (Fsp3) is 0.667. The molecule has 0 aliphatic rings. The summed E-state index contributed by atoms with van der Waals surface area (Å²) in [5.41, 5.74) is 0. The van der Waals surface area contributed by atoms with Crippen molar-refractivity contribution in [3.63, 3.8) is 0 Å². The topological polar surface area (TPSA) is 80.7 Å². The van der Waals surface area contributed by atoms with Crippen molar-refractivity contribution in [2.75, 3.05) is 19.6 Å². The number of hydrogen-bond donors (Lipinski definition) is 1. The molecule has 18 heavy (non-hydrogen) atoms. The number of allylic oxidation sites excluding steroid dienone is 2. The summed E-state index contributed by atoms with van der Waals surface area (Å²) < 4.78 is 0. The van der Waals surface area contributed by atoms with E-state index in [9.17, 15) is 14.7 Å². The van der Waals surface area contributed by atoms with Crippen LogP contribution in [0.5, 0.6) is 0 Å². The first kappa shape index (κ1) is 20.0. The second-order valence-electron chi connectivity index (χ2n) is 3.85. The first-order valence-corrected chi connectivity index (χ1v) is 5.85. The van der Waals surface area contributed by atoms with E-state index in [-0.39, 0.29) is 42.6 Å². The summed E-state index contributed by atoms with van der Waals surface area (Å²) in [5, 5.41) is 19.0. The third-order valence-electron chi connectivity index (χ3n) is 2.21. The molecule has 0 rings (SSSR count). The fourth-order valence-corrected chi connectivity index (χ4v) is 1.47. The summed E-state index contributed by atoms with van der Waals surface area (Å²) in [6.45, 7) is 1.96. The molecular formula is C12H20NNaO4. The summed E-state index contributed by atoms with van der Waals surface area (Å²) in [7, 11) is 0. The Bertz CT molecular complexity index is 253. The molecule has 0 amide bonds. The number of carbonyl (C=O) groups is 2. The largest absolute Gasteiger partial charge is 1.00 e. The van der Waals surface area contributed by atoms with Crippen LogP contribution in [-0.4, -0.2) is 41.6 Å². The van der Waals surface area contributed by atoms with Crippen LogP contribution in [-0.2, 0) is 9.59 Å². The number of carbonyl (C=O) groups excluding carboxylic acids is 1. The van der Waals surface area contributed by atoms with Crippen LogP contribution in [0.25, 0.3) is 0 Å². The maximum atomic E-state index is 10.5. The molecule has 6 heteroatoms. The fourth-order valence-electron chi connectivity index (χ4n) is 1.47. The third-order valence-corrected chi connectivity index (χ3v) is 2.21. The molecule has 0 bridgehead atoms. The molecule has 0 unspecified atom stereocenters. The zero-order valence-electron chi connectivity index (χ0n) is 11.2. The van der Waals surface area contributed by atoms with Gasteiger partial charge >= 0.3 is 35.5 Å². The van der Waals surface area contributed by atoms with E-state index in [4.69, 9.17) is 5.11 Å². The van der Waals surface area contributed by atoms with Crippen LogP contribution >= 0.6 is 0 Å². The van der Waals surface area contributed by atoms with E-state index in [0.717, 1.165) is 25.7 Å². The predicted octanol–water partition coefficient (Wildman–Crippen LogP) is -2.74. The molecule has 0 radical (unpaired) electrons. The summed E-state index contributed by atoms with van der Waals surface area (Å²) in [6.07, 6.45) is 7.83. The molecule has 0 aliphatic carbocycles. The SMILES string of the molecule is CC/C=C/CCCCN(CC(=O)[O-])CC(=O)O.[Na+]. The van der Waals surface area contributed by atoms with Gasteiger partial charge in [0.15, 0.2) is 0 Å². The second-order valence-corrected chi connectivity index (χ2v) is 3.85.